The van der Waals surface area contributed by atoms with Crippen molar-refractivity contribution in [1.29, 1.82) is 0 Å². The summed E-state index contributed by atoms with van der Waals surface area (Å²) >= 11 is 6.17. The Kier molecular flexibility index (Phi) is 4.37. The van der Waals surface area contributed by atoms with E-state index in [1.165, 1.54) is 6.92 Å². The van der Waals surface area contributed by atoms with E-state index in [0.29, 0.717) is 45.6 Å². The molecular formula is C20H15ClO6. The number of ether oxygens (including phenoxy) is 4. The predicted molar refractivity (Wildman–Crippen MR) is 97.2 cm³/mol. The van der Waals surface area contributed by atoms with E-state index >= 15 is 0 Å². The maximum absolute atomic E-state index is 12.7. The molecule has 2 aromatic rings. The van der Waals surface area contributed by atoms with E-state index in [1.54, 1.807) is 37.3 Å². The standard InChI is InChI=1S/C20H15ClO6/c1-10-16(26-11(2)22)4-3-15-18(23)17(27-19(10)15)7-12-5-14(21)6-13-8-24-9-25-20(12)13/h3-7H,8-9H2,1-2H3/b17-7-. The number of ketones is 1. The largest absolute Gasteiger partial charge is 0.467 e. The molecule has 0 N–H and O–H groups in total. The molecule has 0 unspecified atom stereocenters. The van der Waals surface area contributed by atoms with Gasteiger partial charge < -0.3 is 18.9 Å². The average Bonchev–Trinajstić information content (AvgIpc) is 2.94. The maximum atomic E-state index is 12.7. The lowest BCUT2D eigenvalue weighted by Gasteiger charge is -2.20. The molecule has 27 heavy (non-hydrogen) atoms. The summed E-state index contributed by atoms with van der Waals surface area (Å²) in [6, 6.07) is 6.64. The molecule has 0 fully saturated rings. The van der Waals surface area contributed by atoms with Gasteiger partial charge in [-0.2, -0.15) is 0 Å². The number of fused-ring (bicyclic) bond motifs is 2. The van der Waals surface area contributed by atoms with Gasteiger partial charge in [-0.1, -0.05) is 11.6 Å². The van der Waals surface area contributed by atoms with Crippen LogP contribution in [0.1, 0.15) is 34.0 Å². The number of rotatable bonds is 2. The van der Waals surface area contributed by atoms with E-state index in [0.717, 1.165) is 5.56 Å². The van der Waals surface area contributed by atoms with Crippen molar-refractivity contribution >= 4 is 29.4 Å². The third kappa shape index (κ3) is 3.18. The van der Waals surface area contributed by atoms with E-state index in [1.807, 2.05) is 0 Å². The highest BCUT2D eigenvalue weighted by Gasteiger charge is 2.31. The second kappa shape index (κ2) is 6.72. The summed E-state index contributed by atoms with van der Waals surface area (Å²) in [5, 5.41) is 0.506. The van der Waals surface area contributed by atoms with Crippen LogP contribution in [0.15, 0.2) is 30.0 Å². The molecule has 7 heteroatoms. The van der Waals surface area contributed by atoms with Gasteiger partial charge in [0.2, 0.25) is 5.78 Å². The zero-order chi connectivity index (χ0) is 19.1. The van der Waals surface area contributed by atoms with Crippen molar-refractivity contribution in [3.05, 3.63) is 57.3 Å². The van der Waals surface area contributed by atoms with E-state index in [4.69, 9.17) is 30.5 Å². The minimum atomic E-state index is -0.442. The Bertz CT molecular complexity index is 1010. The Balaban J connectivity index is 1.74. The molecule has 0 saturated carbocycles. The van der Waals surface area contributed by atoms with Crippen molar-refractivity contribution in [2.24, 2.45) is 0 Å². The third-order valence-electron chi connectivity index (χ3n) is 4.28. The summed E-state index contributed by atoms with van der Waals surface area (Å²) in [6.07, 6.45) is 1.60. The fourth-order valence-electron chi connectivity index (χ4n) is 3.09. The highest BCUT2D eigenvalue weighted by Crippen LogP contribution is 2.40. The minimum absolute atomic E-state index is 0.130. The molecule has 0 saturated heterocycles. The quantitative estimate of drug-likeness (QED) is 0.440. The molecule has 2 aliphatic heterocycles. The first kappa shape index (κ1) is 17.6. The average molecular weight is 387 g/mol. The van der Waals surface area contributed by atoms with Gasteiger partial charge in [-0.25, -0.2) is 0 Å². The smallest absolute Gasteiger partial charge is 0.308 e. The Labute approximate surface area is 160 Å². The first-order valence-corrected chi connectivity index (χ1v) is 8.61. The van der Waals surface area contributed by atoms with E-state index in [2.05, 4.69) is 0 Å². The number of benzene rings is 2. The summed E-state index contributed by atoms with van der Waals surface area (Å²) < 4.78 is 21.8. The number of Topliss-reactive ketones (excluding diaryl/α,β-unsaturated/α-hetero) is 1. The summed E-state index contributed by atoms with van der Waals surface area (Å²) in [5.41, 5.74) is 2.43. The zero-order valence-corrected chi connectivity index (χ0v) is 15.4. The first-order chi connectivity index (χ1) is 12.9. The minimum Gasteiger partial charge on any atom is -0.467 e. The third-order valence-corrected chi connectivity index (χ3v) is 4.50. The first-order valence-electron chi connectivity index (χ1n) is 8.23. The maximum Gasteiger partial charge on any atom is 0.308 e. The molecule has 0 amide bonds. The lowest BCUT2D eigenvalue weighted by Crippen LogP contribution is -2.12. The van der Waals surface area contributed by atoms with Crippen LogP contribution in [0.25, 0.3) is 6.08 Å². The summed E-state index contributed by atoms with van der Waals surface area (Å²) in [5.74, 6) is 0.794. The molecular weight excluding hydrogens is 372 g/mol. The molecule has 0 aliphatic carbocycles. The zero-order valence-electron chi connectivity index (χ0n) is 14.6. The van der Waals surface area contributed by atoms with Crippen LogP contribution in [-0.2, 0) is 16.1 Å². The lowest BCUT2D eigenvalue weighted by atomic mass is 10.0. The molecule has 0 radical (unpaired) electrons. The molecule has 4 rings (SSSR count). The van der Waals surface area contributed by atoms with Gasteiger partial charge in [-0.05, 0) is 37.3 Å². The molecule has 2 aliphatic rings. The molecule has 2 heterocycles. The van der Waals surface area contributed by atoms with Gasteiger partial charge in [0.05, 0.1) is 12.2 Å². The van der Waals surface area contributed by atoms with Crippen LogP contribution in [0, 0.1) is 6.92 Å². The van der Waals surface area contributed by atoms with Crippen LogP contribution < -0.4 is 14.2 Å². The molecule has 0 atom stereocenters. The van der Waals surface area contributed by atoms with E-state index < -0.39 is 5.97 Å². The SMILES string of the molecule is CC(=O)Oc1ccc2c(c1C)O/C(=C\c1cc(Cl)cc3c1OCOC3)C2=O. The van der Waals surface area contributed by atoms with Crippen molar-refractivity contribution in [2.45, 2.75) is 20.5 Å². The van der Waals surface area contributed by atoms with Gasteiger partial charge in [0.25, 0.3) is 0 Å². The van der Waals surface area contributed by atoms with Gasteiger partial charge in [0.1, 0.15) is 17.2 Å². The number of allylic oxidation sites excluding steroid dienone is 1. The Morgan fingerprint density at radius 2 is 2.07 bits per heavy atom. The summed E-state index contributed by atoms with van der Waals surface area (Å²) in [7, 11) is 0. The lowest BCUT2D eigenvalue weighted by molar-refractivity contribution is -0.131. The van der Waals surface area contributed by atoms with E-state index in [-0.39, 0.29) is 18.3 Å². The summed E-state index contributed by atoms with van der Waals surface area (Å²) in [4.78, 5) is 24.0. The van der Waals surface area contributed by atoms with Crippen molar-refractivity contribution in [3.63, 3.8) is 0 Å². The van der Waals surface area contributed by atoms with Gasteiger partial charge in [-0.15, -0.1) is 0 Å². The molecule has 2 aromatic carbocycles. The Morgan fingerprint density at radius 3 is 2.85 bits per heavy atom. The topological polar surface area (TPSA) is 71.1 Å². The van der Waals surface area contributed by atoms with Crippen molar-refractivity contribution < 1.29 is 28.5 Å². The number of esters is 1. The van der Waals surface area contributed by atoms with Gasteiger partial charge in [-0.3, -0.25) is 9.59 Å². The van der Waals surface area contributed by atoms with Crippen LogP contribution in [0.2, 0.25) is 5.02 Å². The summed E-state index contributed by atoms with van der Waals surface area (Å²) in [6.45, 7) is 3.56. The number of carbonyl (C=O) groups is 2. The molecule has 0 bridgehead atoms. The monoisotopic (exact) mass is 386 g/mol. The molecule has 138 valence electrons. The number of hydrogen-bond acceptors (Lipinski definition) is 6. The van der Waals surface area contributed by atoms with E-state index in [9.17, 15) is 9.59 Å². The Morgan fingerprint density at radius 1 is 1.26 bits per heavy atom. The highest BCUT2D eigenvalue weighted by molar-refractivity contribution is 6.31. The molecule has 0 spiro atoms. The fourth-order valence-corrected chi connectivity index (χ4v) is 3.34. The van der Waals surface area contributed by atoms with Gasteiger partial charge in [0.15, 0.2) is 12.6 Å². The molecule has 6 nitrogen and oxygen atoms in total. The molecule has 0 aromatic heterocycles. The van der Waals surface area contributed by atoms with Crippen molar-refractivity contribution in [2.75, 3.05) is 6.79 Å². The van der Waals surface area contributed by atoms with Gasteiger partial charge >= 0.3 is 5.97 Å². The predicted octanol–water partition coefficient (Wildman–Crippen LogP) is 4.06. The van der Waals surface area contributed by atoms with Crippen LogP contribution in [0.5, 0.6) is 17.2 Å². The highest BCUT2D eigenvalue weighted by atomic mass is 35.5. The van der Waals surface area contributed by atoms with Crippen molar-refractivity contribution in [1.82, 2.24) is 0 Å². The van der Waals surface area contributed by atoms with Crippen LogP contribution in [0.4, 0.5) is 0 Å². The van der Waals surface area contributed by atoms with Crippen molar-refractivity contribution in [3.8, 4) is 17.2 Å². The van der Waals surface area contributed by atoms with Crippen LogP contribution in [0.3, 0.4) is 0 Å². The Hall–Kier alpha value is -2.83. The van der Waals surface area contributed by atoms with Crippen LogP contribution >= 0.6 is 11.6 Å². The number of hydrogen-bond donors (Lipinski definition) is 0. The number of carbonyl (C=O) groups excluding carboxylic acids is 2. The normalized spacial score (nSPS) is 16.4. The fraction of sp³-hybridized carbons (Fsp3) is 0.200. The second-order valence-electron chi connectivity index (χ2n) is 6.19. The van der Waals surface area contributed by atoms with Crippen LogP contribution in [-0.4, -0.2) is 18.5 Å². The number of halogens is 1. The second-order valence-corrected chi connectivity index (χ2v) is 6.63. The van der Waals surface area contributed by atoms with Gasteiger partial charge in [0, 0.05) is 28.6 Å².